The van der Waals surface area contributed by atoms with Crippen LogP contribution < -0.4 is 4.90 Å². The first-order valence-electron chi connectivity index (χ1n) is 6.79. The van der Waals surface area contributed by atoms with E-state index in [2.05, 4.69) is 9.88 Å². The number of benzene rings is 1. The zero-order valence-corrected chi connectivity index (χ0v) is 12.7. The fourth-order valence-electron chi connectivity index (χ4n) is 2.67. The first-order valence-corrected chi connectivity index (χ1v) is 7.54. The number of pyridine rings is 1. The van der Waals surface area contributed by atoms with Crippen molar-refractivity contribution in [3.63, 3.8) is 0 Å². The molecule has 0 saturated carbocycles. The van der Waals surface area contributed by atoms with Crippen molar-refractivity contribution in [1.29, 1.82) is 0 Å². The molecule has 21 heavy (non-hydrogen) atoms. The van der Waals surface area contributed by atoms with Gasteiger partial charge in [0.25, 0.3) is 0 Å². The lowest BCUT2D eigenvalue weighted by atomic mass is 9.97. The van der Waals surface area contributed by atoms with E-state index < -0.39 is 5.97 Å². The number of carbonyl (C=O) groups is 1. The predicted octanol–water partition coefficient (Wildman–Crippen LogP) is 3.84. The summed E-state index contributed by atoms with van der Waals surface area (Å²) < 4.78 is 0. The number of rotatable bonds is 2. The Kier molecular flexibility index (Phi) is 3.91. The maximum atomic E-state index is 11.0. The highest BCUT2D eigenvalue weighted by Gasteiger charge is 2.25. The number of hydrogen-bond donors (Lipinski definition) is 1. The lowest BCUT2D eigenvalue weighted by molar-refractivity contribution is -0.142. The lowest BCUT2D eigenvalue weighted by Gasteiger charge is -2.31. The Balaban J connectivity index is 1.89. The van der Waals surface area contributed by atoms with Crippen molar-refractivity contribution >= 4 is 45.9 Å². The number of carboxylic acids is 1. The van der Waals surface area contributed by atoms with E-state index in [1.54, 1.807) is 12.1 Å². The molecule has 0 aliphatic carbocycles. The highest BCUT2D eigenvalue weighted by molar-refractivity contribution is 6.39. The summed E-state index contributed by atoms with van der Waals surface area (Å²) in [5, 5.41) is 11.1. The van der Waals surface area contributed by atoms with Crippen LogP contribution in [0.4, 0.5) is 5.82 Å². The molecule has 1 N–H and O–H groups in total. The van der Waals surface area contributed by atoms with Crippen LogP contribution in [0.25, 0.3) is 10.9 Å². The average Bonchev–Trinajstić information content (AvgIpc) is 2.51. The summed E-state index contributed by atoms with van der Waals surface area (Å²) in [6, 6.07) is 7.31. The van der Waals surface area contributed by atoms with Crippen LogP contribution in [0.1, 0.15) is 12.8 Å². The van der Waals surface area contributed by atoms with Crippen LogP contribution in [0, 0.1) is 5.92 Å². The summed E-state index contributed by atoms with van der Waals surface area (Å²) >= 11 is 12.3. The molecule has 1 aromatic carbocycles. The van der Waals surface area contributed by atoms with Crippen molar-refractivity contribution in [2.45, 2.75) is 12.8 Å². The van der Waals surface area contributed by atoms with Gasteiger partial charge < -0.3 is 10.0 Å². The molecule has 0 radical (unpaired) electrons. The topological polar surface area (TPSA) is 53.4 Å². The summed E-state index contributed by atoms with van der Waals surface area (Å²) in [6.45, 7) is 1.38. The summed E-state index contributed by atoms with van der Waals surface area (Å²) in [7, 11) is 0. The molecule has 1 saturated heterocycles. The highest BCUT2D eigenvalue weighted by Crippen LogP contribution is 2.31. The third-order valence-corrected chi connectivity index (χ3v) is 4.54. The van der Waals surface area contributed by atoms with Gasteiger partial charge >= 0.3 is 5.97 Å². The molecule has 1 aliphatic heterocycles. The Morgan fingerprint density at radius 2 is 1.81 bits per heavy atom. The second-order valence-corrected chi connectivity index (χ2v) is 6.01. The molecular weight excluding hydrogens is 311 g/mol. The van der Waals surface area contributed by atoms with Gasteiger partial charge in [-0.2, -0.15) is 0 Å². The number of nitrogens with zero attached hydrogens (tertiary/aromatic N) is 2. The minimum atomic E-state index is -0.712. The SMILES string of the molecule is O=C(O)C1CCN(c2ccc3c(Cl)ccc(Cl)c3n2)CC1. The third kappa shape index (κ3) is 2.78. The van der Waals surface area contributed by atoms with Gasteiger partial charge in [0, 0.05) is 18.5 Å². The molecule has 1 aromatic heterocycles. The van der Waals surface area contributed by atoms with E-state index in [4.69, 9.17) is 28.3 Å². The minimum Gasteiger partial charge on any atom is -0.481 e. The first-order chi connectivity index (χ1) is 10.1. The molecule has 4 nitrogen and oxygen atoms in total. The molecule has 6 heteroatoms. The standard InChI is InChI=1S/C15H14Cl2N2O2/c16-11-2-3-12(17)14-10(11)1-4-13(18-14)19-7-5-9(6-8-19)15(20)21/h1-4,9H,5-8H2,(H,20,21). The van der Waals surface area contributed by atoms with Crippen LogP contribution in [0.3, 0.4) is 0 Å². The Hall–Kier alpha value is -1.52. The zero-order valence-electron chi connectivity index (χ0n) is 11.2. The van der Waals surface area contributed by atoms with E-state index in [0.717, 1.165) is 11.2 Å². The molecule has 1 aliphatic rings. The van der Waals surface area contributed by atoms with Crippen LogP contribution in [-0.2, 0) is 4.79 Å². The Morgan fingerprint density at radius 3 is 2.48 bits per heavy atom. The van der Waals surface area contributed by atoms with Crippen molar-refractivity contribution < 1.29 is 9.90 Å². The van der Waals surface area contributed by atoms with Gasteiger partial charge in [0.15, 0.2) is 0 Å². The van der Waals surface area contributed by atoms with E-state index in [1.165, 1.54) is 0 Å². The van der Waals surface area contributed by atoms with Crippen LogP contribution in [0.5, 0.6) is 0 Å². The maximum absolute atomic E-state index is 11.0. The fourth-order valence-corrected chi connectivity index (χ4v) is 3.09. The number of aliphatic carboxylic acids is 1. The molecule has 1 fully saturated rings. The number of hydrogen-bond acceptors (Lipinski definition) is 3. The van der Waals surface area contributed by atoms with Crippen molar-refractivity contribution in [3.05, 3.63) is 34.3 Å². The highest BCUT2D eigenvalue weighted by atomic mass is 35.5. The first kappa shape index (κ1) is 14.4. The Morgan fingerprint density at radius 1 is 1.14 bits per heavy atom. The lowest BCUT2D eigenvalue weighted by Crippen LogP contribution is -2.36. The molecular formula is C15H14Cl2N2O2. The summed E-state index contributed by atoms with van der Waals surface area (Å²) in [5.41, 5.74) is 0.682. The molecule has 3 rings (SSSR count). The zero-order chi connectivity index (χ0) is 15.0. The van der Waals surface area contributed by atoms with E-state index >= 15 is 0 Å². The van der Waals surface area contributed by atoms with Gasteiger partial charge in [-0.3, -0.25) is 4.79 Å². The van der Waals surface area contributed by atoms with E-state index in [-0.39, 0.29) is 5.92 Å². The largest absolute Gasteiger partial charge is 0.481 e. The monoisotopic (exact) mass is 324 g/mol. The molecule has 2 heterocycles. The molecule has 2 aromatic rings. The number of aromatic nitrogens is 1. The van der Waals surface area contributed by atoms with Gasteiger partial charge in [-0.15, -0.1) is 0 Å². The third-order valence-electron chi connectivity index (χ3n) is 3.91. The van der Waals surface area contributed by atoms with E-state index in [9.17, 15) is 4.79 Å². The van der Waals surface area contributed by atoms with Crippen LogP contribution >= 0.6 is 23.2 Å². The van der Waals surface area contributed by atoms with Crippen molar-refractivity contribution in [1.82, 2.24) is 4.98 Å². The summed E-state index contributed by atoms with van der Waals surface area (Å²) in [5.74, 6) is -0.147. The van der Waals surface area contributed by atoms with Crippen LogP contribution in [-0.4, -0.2) is 29.1 Å². The van der Waals surface area contributed by atoms with Gasteiger partial charge in [0.1, 0.15) is 5.82 Å². The second kappa shape index (κ2) is 5.70. The van der Waals surface area contributed by atoms with Gasteiger partial charge in [-0.1, -0.05) is 23.2 Å². The maximum Gasteiger partial charge on any atom is 0.306 e. The molecule has 0 atom stereocenters. The summed E-state index contributed by atoms with van der Waals surface area (Å²) in [6.07, 6.45) is 1.27. The van der Waals surface area contributed by atoms with Gasteiger partial charge in [0.05, 0.1) is 21.5 Å². The van der Waals surface area contributed by atoms with Crippen molar-refractivity contribution in [3.8, 4) is 0 Å². The number of anilines is 1. The van der Waals surface area contributed by atoms with E-state index in [0.29, 0.717) is 41.5 Å². The van der Waals surface area contributed by atoms with Crippen molar-refractivity contribution in [2.75, 3.05) is 18.0 Å². The quantitative estimate of drug-likeness (QED) is 0.911. The summed E-state index contributed by atoms with van der Waals surface area (Å²) in [4.78, 5) is 17.7. The smallest absolute Gasteiger partial charge is 0.306 e. The van der Waals surface area contributed by atoms with Crippen LogP contribution in [0.2, 0.25) is 10.0 Å². The number of carboxylic acid groups (broad SMARTS) is 1. The van der Waals surface area contributed by atoms with Gasteiger partial charge in [-0.25, -0.2) is 4.98 Å². The molecule has 0 bridgehead atoms. The minimum absolute atomic E-state index is 0.250. The molecule has 0 unspecified atom stereocenters. The number of piperidine rings is 1. The fraction of sp³-hybridized carbons (Fsp3) is 0.333. The van der Waals surface area contributed by atoms with Gasteiger partial charge in [0.2, 0.25) is 0 Å². The van der Waals surface area contributed by atoms with E-state index in [1.807, 2.05) is 12.1 Å². The van der Waals surface area contributed by atoms with Crippen molar-refractivity contribution in [2.24, 2.45) is 5.92 Å². The number of fused-ring (bicyclic) bond motifs is 1. The molecule has 0 amide bonds. The molecule has 110 valence electrons. The van der Waals surface area contributed by atoms with Gasteiger partial charge in [-0.05, 0) is 37.1 Å². The predicted molar refractivity (Wildman–Crippen MR) is 84.3 cm³/mol. The number of halogens is 2. The Bertz CT molecular complexity index is 697. The Labute approximate surface area is 132 Å². The average molecular weight is 325 g/mol. The normalized spacial score (nSPS) is 16.4. The second-order valence-electron chi connectivity index (χ2n) is 5.19. The van der Waals surface area contributed by atoms with Crippen LogP contribution in [0.15, 0.2) is 24.3 Å². The molecule has 0 spiro atoms.